The minimum Gasteiger partial charge on any atom is -0.267 e. The number of nitrogens with zero attached hydrogens (tertiary/aromatic N) is 4. The molecule has 2 heterocycles. The second-order valence-electron chi connectivity index (χ2n) is 7.80. The van der Waals surface area contributed by atoms with Crippen LogP contribution in [0.2, 0.25) is 0 Å². The first kappa shape index (κ1) is 31.9. The van der Waals surface area contributed by atoms with Crippen molar-refractivity contribution in [2.45, 2.75) is 53.5 Å². The summed E-state index contributed by atoms with van der Waals surface area (Å²) >= 11 is 0. The number of benzene rings is 1. The molecule has 2 aromatic rings. The van der Waals surface area contributed by atoms with E-state index >= 15 is 0 Å². The summed E-state index contributed by atoms with van der Waals surface area (Å²) in [5.74, 6) is 0. The van der Waals surface area contributed by atoms with Gasteiger partial charge in [0.2, 0.25) is 0 Å². The molecule has 1 aromatic carbocycles. The number of hydrogen-bond acceptors (Lipinski definition) is 4. The average Bonchev–Trinajstić information content (AvgIpc) is 3.22. The fourth-order valence-electron chi connectivity index (χ4n) is 3.03. The Kier molecular flexibility index (Phi) is 16.6. The lowest BCUT2D eigenvalue weighted by Gasteiger charge is -2.26. The maximum Gasteiger partial charge on any atom is 0.115 e. The second-order valence-corrected chi connectivity index (χ2v) is 9.09. The number of allylic oxidation sites excluding steroid dienone is 5. The number of aromatic nitrogens is 2. The summed E-state index contributed by atoms with van der Waals surface area (Å²) in [5.41, 5.74) is 4.71. The van der Waals surface area contributed by atoms with E-state index in [0.29, 0.717) is 0 Å². The summed E-state index contributed by atoms with van der Waals surface area (Å²) in [7, 11) is 0.773. The molecule has 0 amide bonds. The molecule has 1 aliphatic rings. The molecule has 0 aliphatic carbocycles. The number of hydrazone groups is 1. The molecule has 0 saturated heterocycles. The Labute approximate surface area is 215 Å². The summed E-state index contributed by atoms with van der Waals surface area (Å²) in [4.78, 5) is 7.60. The average molecular weight is 491 g/mol. The van der Waals surface area contributed by atoms with E-state index in [-0.39, 0.29) is 5.54 Å². The summed E-state index contributed by atoms with van der Waals surface area (Å²) in [6.45, 7) is 26.0. The molecule has 0 N–H and O–H groups in total. The molecular formula is C30H43N4P. The second kappa shape index (κ2) is 18.3. The first-order valence-electron chi connectivity index (χ1n) is 11.9. The summed E-state index contributed by atoms with van der Waals surface area (Å²) in [6.07, 6.45) is 15.2. The highest BCUT2D eigenvalue weighted by Gasteiger charge is 2.32. The standard InChI is InChI=1S/C21H27N2P.C5H6N2.C2H6.C2H4/c1-6-9-10-17(7-2)16-24-19-13-11-18(12-14-19)20-15-21(4,5)23(8-3)22-20;1-5-2-3-6-4-7-5;2*1-2/h6-14,24H,1,3,15-16H2,2,4-5H3;2-4H,1H3;1-2H3;1-2H2/b10-9-,17-7+;;;. The van der Waals surface area contributed by atoms with E-state index in [1.807, 2.05) is 44.0 Å². The first-order valence-corrected chi connectivity index (χ1v) is 13.1. The summed E-state index contributed by atoms with van der Waals surface area (Å²) < 4.78 is 0. The molecule has 4 nitrogen and oxygen atoms in total. The molecule has 5 heteroatoms. The van der Waals surface area contributed by atoms with Crippen molar-refractivity contribution in [2.75, 3.05) is 6.16 Å². The molecule has 1 aromatic heterocycles. The molecule has 0 spiro atoms. The molecule has 35 heavy (non-hydrogen) atoms. The van der Waals surface area contributed by atoms with Gasteiger partial charge in [0, 0.05) is 24.5 Å². The first-order chi connectivity index (χ1) is 16.9. The number of aryl methyl sites for hydroxylation is 1. The zero-order chi connectivity index (χ0) is 26.7. The van der Waals surface area contributed by atoms with Crippen molar-refractivity contribution >= 4 is 19.6 Å². The summed E-state index contributed by atoms with van der Waals surface area (Å²) in [6, 6.07) is 10.7. The van der Waals surface area contributed by atoms with Crippen LogP contribution in [0.3, 0.4) is 0 Å². The fraction of sp³-hybridized carbons (Fsp3) is 0.300. The zero-order valence-electron chi connectivity index (χ0n) is 22.5. The maximum atomic E-state index is 4.69. The van der Waals surface area contributed by atoms with Crippen LogP contribution in [0.5, 0.6) is 0 Å². The molecule has 0 bridgehead atoms. The third-order valence-electron chi connectivity index (χ3n) is 4.88. The predicted molar refractivity (Wildman–Crippen MR) is 159 cm³/mol. The van der Waals surface area contributed by atoms with Crippen LogP contribution in [0.25, 0.3) is 0 Å². The Balaban J connectivity index is 0.000000878. The quantitative estimate of drug-likeness (QED) is 0.228. The highest BCUT2D eigenvalue weighted by molar-refractivity contribution is 7.47. The largest absolute Gasteiger partial charge is 0.267 e. The monoisotopic (exact) mass is 490 g/mol. The van der Waals surface area contributed by atoms with E-state index in [2.05, 4.69) is 98.6 Å². The molecule has 3 rings (SSSR count). The zero-order valence-corrected chi connectivity index (χ0v) is 23.5. The number of rotatable bonds is 7. The SMILES string of the molecule is C=C.C=C/C=C\C(=C/C)CPc1ccc(C2=NN(C=C)C(C)(C)C2)cc1.CC.Cc1ccncn1. The topological polar surface area (TPSA) is 41.4 Å². The van der Waals surface area contributed by atoms with Crippen LogP contribution in [-0.2, 0) is 0 Å². The number of hydrogen-bond donors (Lipinski definition) is 0. The van der Waals surface area contributed by atoms with Gasteiger partial charge >= 0.3 is 0 Å². The van der Waals surface area contributed by atoms with Crippen LogP contribution in [0.1, 0.15) is 52.3 Å². The van der Waals surface area contributed by atoms with E-state index in [4.69, 9.17) is 0 Å². The van der Waals surface area contributed by atoms with Gasteiger partial charge in [0.1, 0.15) is 6.33 Å². The Bertz CT molecular complexity index is 958. The van der Waals surface area contributed by atoms with Gasteiger partial charge in [-0.05, 0) is 56.4 Å². The lowest BCUT2D eigenvalue weighted by molar-refractivity contribution is 0.226. The maximum absolute atomic E-state index is 4.69. The van der Waals surface area contributed by atoms with E-state index < -0.39 is 0 Å². The van der Waals surface area contributed by atoms with Crippen molar-refractivity contribution in [3.63, 3.8) is 0 Å². The van der Waals surface area contributed by atoms with Crippen LogP contribution in [0.4, 0.5) is 0 Å². The van der Waals surface area contributed by atoms with E-state index in [1.165, 1.54) is 22.8 Å². The van der Waals surface area contributed by atoms with Crippen LogP contribution >= 0.6 is 8.58 Å². The van der Waals surface area contributed by atoms with Gasteiger partial charge in [-0.1, -0.05) is 84.2 Å². The van der Waals surface area contributed by atoms with Gasteiger partial charge in [-0.2, -0.15) is 5.10 Å². The van der Waals surface area contributed by atoms with Gasteiger partial charge in [-0.3, -0.25) is 5.01 Å². The van der Waals surface area contributed by atoms with Crippen LogP contribution in [0.15, 0.2) is 110 Å². The molecule has 1 unspecified atom stereocenters. The van der Waals surface area contributed by atoms with Gasteiger partial charge in [0.25, 0.3) is 0 Å². The van der Waals surface area contributed by atoms with Crippen molar-refractivity contribution < 1.29 is 0 Å². The van der Waals surface area contributed by atoms with E-state index in [0.717, 1.165) is 32.6 Å². The van der Waals surface area contributed by atoms with Gasteiger partial charge in [-0.25, -0.2) is 9.97 Å². The van der Waals surface area contributed by atoms with Crippen molar-refractivity contribution in [2.24, 2.45) is 5.10 Å². The van der Waals surface area contributed by atoms with Crippen molar-refractivity contribution in [3.8, 4) is 0 Å². The van der Waals surface area contributed by atoms with Crippen LogP contribution in [-0.4, -0.2) is 32.4 Å². The van der Waals surface area contributed by atoms with Gasteiger partial charge in [0.15, 0.2) is 0 Å². The van der Waals surface area contributed by atoms with Crippen molar-refractivity contribution in [1.82, 2.24) is 15.0 Å². The Morgan fingerprint density at radius 1 is 1.11 bits per heavy atom. The smallest absolute Gasteiger partial charge is 0.115 e. The van der Waals surface area contributed by atoms with Crippen LogP contribution in [0, 0.1) is 6.92 Å². The highest BCUT2D eigenvalue weighted by atomic mass is 31.1. The highest BCUT2D eigenvalue weighted by Crippen LogP contribution is 2.29. The van der Waals surface area contributed by atoms with Crippen molar-refractivity contribution in [3.05, 3.63) is 117 Å². The molecular weight excluding hydrogens is 447 g/mol. The Hall–Kier alpha value is -3.10. The van der Waals surface area contributed by atoms with Gasteiger partial charge in [-0.15, -0.1) is 13.2 Å². The van der Waals surface area contributed by atoms with E-state index in [1.54, 1.807) is 12.4 Å². The van der Waals surface area contributed by atoms with Gasteiger partial charge < -0.3 is 0 Å². The Morgan fingerprint density at radius 2 is 1.77 bits per heavy atom. The fourth-order valence-corrected chi connectivity index (χ4v) is 4.16. The lowest BCUT2D eigenvalue weighted by atomic mass is 9.95. The minimum atomic E-state index is 0.00974. The predicted octanol–water partition coefficient (Wildman–Crippen LogP) is 7.62. The minimum absolute atomic E-state index is 0.00974. The molecule has 1 aliphatic heterocycles. The molecule has 1 atom stereocenters. The molecule has 188 valence electrons. The Morgan fingerprint density at radius 3 is 2.20 bits per heavy atom. The third kappa shape index (κ3) is 11.7. The molecule has 0 fully saturated rings. The van der Waals surface area contributed by atoms with Gasteiger partial charge in [0.05, 0.1) is 11.3 Å². The van der Waals surface area contributed by atoms with Crippen LogP contribution < -0.4 is 5.30 Å². The molecule has 0 radical (unpaired) electrons. The lowest BCUT2D eigenvalue weighted by Crippen LogP contribution is -2.32. The molecule has 0 saturated carbocycles. The third-order valence-corrected chi connectivity index (χ3v) is 6.21. The summed E-state index contributed by atoms with van der Waals surface area (Å²) in [5, 5.41) is 8.03. The normalized spacial score (nSPS) is 14.2. The van der Waals surface area contributed by atoms with Crippen molar-refractivity contribution in [1.29, 1.82) is 0 Å². The van der Waals surface area contributed by atoms with E-state index in [9.17, 15) is 0 Å².